The second-order valence-corrected chi connectivity index (χ2v) is 9.40. The van der Waals surface area contributed by atoms with Gasteiger partial charge < -0.3 is 20.5 Å². The Morgan fingerprint density at radius 3 is 2.64 bits per heavy atom. The van der Waals surface area contributed by atoms with Crippen molar-refractivity contribution in [2.24, 2.45) is 0 Å². The number of nitrogens with zero attached hydrogens (tertiary/aromatic N) is 5. The largest absolute Gasteiger partial charge is 0.356 e. The number of pyridine rings is 2. The fourth-order valence-corrected chi connectivity index (χ4v) is 5.30. The summed E-state index contributed by atoms with van der Waals surface area (Å²) in [7, 11) is 0. The van der Waals surface area contributed by atoms with Crippen molar-refractivity contribution in [1.82, 2.24) is 24.8 Å². The van der Waals surface area contributed by atoms with Crippen molar-refractivity contribution in [1.29, 1.82) is 5.26 Å². The average molecular weight is 483 g/mol. The standard InChI is InChI=1S/C26H26N8O2/c27-14-17-11-18-15-29-26(32-23(18)34(25(17)36)20-3-1-2-4-20)30-19-5-6-21-16(12-19)13-22(31-24(21)35)33-9-7-28-8-10-33/h5-6,11-13,15,20,28H,1-4,7-10H2,(H,31,35)(H,29,30,32). The number of piperazine rings is 1. The number of benzene rings is 1. The highest BCUT2D eigenvalue weighted by Gasteiger charge is 2.23. The third-order valence-corrected chi connectivity index (χ3v) is 7.13. The summed E-state index contributed by atoms with van der Waals surface area (Å²) in [4.78, 5) is 40.0. The van der Waals surface area contributed by atoms with E-state index >= 15 is 0 Å². The lowest BCUT2D eigenvalue weighted by Crippen LogP contribution is -2.44. The van der Waals surface area contributed by atoms with Crippen LogP contribution < -0.4 is 26.7 Å². The van der Waals surface area contributed by atoms with Crippen molar-refractivity contribution >= 4 is 39.3 Å². The molecule has 1 aliphatic heterocycles. The van der Waals surface area contributed by atoms with Gasteiger partial charge in [-0.05, 0) is 48.6 Å². The monoisotopic (exact) mass is 482 g/mol. The molecule has 1 aliphatic carbocycles. The minimum Gasteiger partial charge on any atom is -0.356 e. The molecule has 2 fully saturated rings. The van der Waals surface area contributed by atoms with Crippen LogP contribution >= 0.6 is 0 Å². The van der Waals surface area contributed by atoms with Crippen molar-refractivity contribution in [3.8, 4) is 6.07 Å². The number of fused-ring (bicyclic) bond motifs is 2. The van der Waals surface area contributed by atoms with Crippen molar-refractivity contribution in [3.63, 3.8) is 0 Å². The number of H-pyrrole nitrogens is 1. The summed E-state index contributed by atoms with van der Waals surface area (Å²) >= 11 is 0. The first-order chi connectivity index (χ1) is 17.6. The van der Waals surface area contributed by atoms with Gasteiger partial charge in [-0.2, -0.15) is 10.2 Å². The first kappa shape index (κ1) is 22.2. The zero-order chi connectivity index (χ0) is 24.6. The quantitative estimate of drug-likeness (QED) is 0.405. The number of aromatic amines is 1. The third kappa shape index (κ3) is 3.97. The predicted molar refractivity (Wildman–Crippen MR) is 139 cm³/mol. The highest BCUT2D eigenvalue weighted by molar-refractivity contribution is 5.87. The van der Waals surface area contributed by atoms with E-state index in [9.17, 15) is 14.9 Å². The van der Waals surface area contributed by atoms with E-state index in [2.05, 4.69) is 30.5 Å². The van der Waals surface area contributed by atoms with Crippen LogP contribution in [0.3, 0.4) is 0 Å². The molecule has 1 saturated carbocycles. The molecule has 0 amide bonds. The third-order valence-electron chi connectivity index (χ3n) is 7.13. The molecule has 2 aliphatic rings. The number of hydrogen-bond acceptors (Lipinski definition) is 8. The van der Waals surface area contributed by atoms with Gasteiger partial charge in [-0.25, -0.2) is 4.98 Å². The number of anilines is 3. The Morgan fingerprint density at radius 1 is 1.06 bits per heavy atom. The summed E-state index contributed by atoms with van der Waals surface area (Å²) in [6.45, 7) is 3.42. The molecule has 1 aromatic carbocycles. The normalized spacial score (nSPS) is 16.5. The number of hydrogen-bond donors (Lipinski definition) is 3. The Labute approximate surface area is 206 Å². The number of nitriles is 1. The minimum atomic E-state index is -0.299. The van der Waals surface area contributed by atoms with E-state index < -0.39 is 0 Å². The van der Waals surface area contributed by atoms with Crippen LogP contribution in [0.2, 0.25) is 0 Å². The van der Waals surface area contributed by atoms with Crippen LogP contribution in [0.1, 0.15) is 37.3 Å². The van der Waals surface area contributed by atoms with Crippen LogP contribution in [0.4, 0.5) is 17.5 Å². The van der Waals surface area contributed by atoms with Crippen molar-refractivity contribution in [2.45, 2.75) is 31.7 Å². The lowest BCUT2D eigenvalue weighted by Gasteiger charge is -2.29. The van der Waals surface area contributed by atoms with Gasteiger partial charge in [0.25, 0.3) is 11.1 Å². The van der Waals surface area contributed by atoms with E-state index in [1.54, 1.807) is 22.9 Å². The molecular weight excluding hydrogens is 456 g/mol. The average Bonchev–Trinajstić information content (AvgIpc) is 3.43. The summed E-state index contributed by atoms with van der Waals surface area (Å²) in [5, 5.41) is 18.1. The maximum absolute atomic E-state index is 13.0. The molecule has 4 aromatic rings. The Kier molecular flexibility index (Phi) is 5.62. The Hall–Kier alpha value is -4.23. The lowest BCUT2D eigenvalue weighted by molar-refractivity contribution is 0.515. The molecule has 0 bridgehead atoms. The van der Waals surface area contributed by atoms with Crippen molar-refractivity contribution in [2.75, 3.05) is 36.4 Å². The van der Waals surface area contributed by atoms with E-state index in [1.807, 2.05) is 24.3 Å². The lowest BCUT2D eigenvalue weighted by atomic mass is 10.1. The van der Waals surface area contributed by atoms with Crippen LogP contribution in [0.5, 0.6) is 0 Å². The van der Waals surface area contributed by atoms with Gasteiger partial charge in [-0.1, -0.05) is 12.8 Å². The molecule has 1 saturated heterocycles. The van der Waals surface area contributed by atoms with Gasteiger partial charge in [0.05, 0.1) is 0 Å². The minimum absolute atomic E-state index is 0.0341. The van der Waals surface area contributed by atoms with Crippen LogP contribution in [-0.2, 0) is 0 Å². The Bertz CT molecular complexity index is 1620. The van der Waals surface area contributed by atoms with Crippen LogP contribution in [-0.4, -0.2) is 45.7 Å². The van der Waals surface area contributed by atoms with E-state index in [-0.39, 0.29) is 22.7 Å². The van der Waals surface area contributed by atoms with Crippen LogP contribution in [0.15, 0.2) is 46.1 Å². The SMILES string of the molecule is N#Cc1cc2cnc(Nc3ccc4c(=O)[nH]c(N5CCNCC5)cc4c3)nc2n(C2CCCC2)c1=O. The number of aromatic nitrogens is 4. The highest BCUT2D eigenvalue weighted by atomic mass is 16.1. The summed E-state index contributed by atoms with van der Waals surface area (Å²) in [5.74, 6) is 1.16. The molecule has 10 nitrogen and oxygen atoms in total. The van der Waals surface area contributed by atoms with Crippen molar-refractivity contribution < 1.29 is 0 Å². The fourth-order valence-electron chi connectivity index (χ4n) is 5.30. The molecule has 6 rings (SSSR count). The predicted octanol–water partition coefficient (Wildman–Crippen LogP) is 2.77. The summed E-state index contributed by atoms with van der Waals surface area (Å²) < 4.78 is 1.67. The molecule has 182 valence electrons. The van der Waals surface area contributed by atoms with Gasteiger partial charge in [0.2, 0.25) is 5.95 Å². The maximum atomic E-state index is 13.0. The molecule has 3 N–H and O–H groups in total. The molecule has 3 aromatic heterocycles. The molecule has 0 unspecified atom stereocenters. The van der Waals surface area contributed by atoms with E-state index in [0.29, 0.717) is 22.4 Å². The number of nitrogens with one attached hydrogen (secondary N) is 3. The van der Waals surface area contributed by atoms with Gasteiger partial charge in [0, 0.05) is 54.9 Å². The maximum Gasteiger partial charge on any atom is 0.270 e. The Balaban J connectivity index is 1.38. The molecule has 0 radical (unpaired) electrons. The van der Waals surface area contributed by atoms with Crippen LogP contribution in [0, 0.1) is 11.3 Å². The van der Waals surface area contributed by atoms with Gasteiger partial charge in [0.1, 0.15) is 23.1 Å². The second kappa shape index (κ2) is 9.09. The summed E-state index contributed by atoms with van der Waals surface area (Å²) in [6.07, 6.45) is 5.54. The zero-order valence-electron chi connectivity index (χ0n) is 19.8. The molecule has 0 spiro atoms. The molecule has 36 heavy (non-hydrogen) atoms. The molecular formula is C26H26N8O2. The van der Waals surface area contributed by atoms with Gasteiger partial charge in [-0.15, -0.1) is 0 Å². The van der Waals surface area contributed by atoms with Crippen LogP contribution in [0.25, 0.3) is 21.8 Å². The first-order valence-electron chi connectivity index (χ1n) is 12.3. The van der Waals surface area contributed by atoms with Gasteiger partial charge >= 0.3 is 0 Å². The molecule has 10 heteroatoms. The second-order valence-electron chi connectivity index (χ2n) is 9.40. The van der Waals surface area contributed by atoms with Crippen molar-refractivity contribution in [3.05, 3.63) is 62.8 Å². The number of rotatable bonds is 4. The summed E-state index contributed by atoms with van der Waals surface area (Å²) in [5.41, 5.74) is 0.956. The smallest absolute Gasteiger partial charge is 0.270 e. The fraction of sp³-hybridized carbons (Fsp3) is 0.346. The summed E-state index contributed by atoms with van der Waals surface area (Å²) in [6, 6.07) is 11.1. The molecule has 4 heterocycles. The first-order valence-corrected chi connectivity index (χ1v) is 12.3. The van der Waals surface area contributed by atoms with E-state index in [4.69, 9.17) is 0 Å². The molecule has 0 atom stereocenters. The van der Waals surface area contributed by atoms with Gasteiger partial charge in [-0.3, -0.25) is 14.2 Å². The topological polar surface area (TPSA) is 132 Å². The zero-order valence-corrected chi connectivity index (χ0v) is 19.8. The Morgan fingerprint density at radius 2 is 1.86 bits per heavy atom. The van der Waals surface area contributed by atoms with Gasteiger partial charge in [0.15, 0.2) is 0 Å². The van der Waals surface area contributed by atoms with E-state index in [0.717, 1.165) is 68.8 Å². The van der Waals surface area contributed by atoms with E-state index in [1.165, 1.54) is 0 Å². The highest BCUT2D eigenvalue weighted by Crippen LogP contribution is 2.31.